The topological polar surface area (TPSA) is 251 Å². The number of rotatable bonds is 12. The van der Waals surface area contributed by atoms with E-state index in [2.05, 4.69) is 52.1 Å². The first-order valence-corrected chi connectivity index (χ1v) is 24.0. The molecule has 20 nitrogen and oxygen atoms in total. The zero-order valence-corrected chi connectivity index (χ0v) is 40.2. The normalized spacial score (nSPS) is 23.8. The van der Waals surface area contributed by atoms with E-state index in [-0.39, 0.29) is 95.0 Å². The summed E-state index contributed by atoms with van der Waals surface area (Å²) in [4.78, 5) is 61.1. The third kappa shape index (κ3) is 10.6. The fraction of sp³-hybridized carbons (Fsp3) is 0.500. The zero-order valence-electron chi connectivity index (χ0n) is 40.2. The van der Waals surface area contributed by atoms with Crippen LogP contribution >= 0.6 is 0 Å². The average molecular weight is 1000 g/mol. The van der Waals surface area contributed by atoms with Crippen LogP contribution in [-0.4, -0.2) is 110 Å². The molecule has 0 bridgehead atoms. The summed E-state index contributed by atoms with van der Waals surface area (Å²) in [6.07, 6.45) is 9.90. The van der Waals surface area contributed by atoms with E-state index in [1.54, 1.807) is 64.3 Å². The quantitative estimate of drug-likeness (QED) is 0.0642. The van der Waals surface area contributed by atoms with Gasteiger partial charge >= 0.3 is 0 Å². The molecule has 0 saturated heterocycles. The van der Waals surface area contributed by atoms with Crippen LogP contribution in [-0.2, 0) is 0 Å². The molecule has 72 heavy (non-hydrogen) atoms. The van der Waals surface area contributed by atoms with Gasteiger partial charge in [-0.05, 0) is 89.5 Å². The number of aliphatic hydroxyl groups is 2. The van der Waals surface area contributed by atoms with Crippen LogP contribution in [0.1, 0.15) is 124 Å². The lowest BCUT2D eigenvalue weighted by Gasteiger charge is -2.36. The van der Waals surface area contributed by atoms with E-state index in [0.29, 0.717) is 37.3 Å². The number of carbonyl (C=O) groups excluding carboxylic acids is 2. The van der Waals surface area contributed by atoms with Crippen molar-refractivity contribution >= 4 is 57.8 Å². The first-order chi connectivity index (χ1) is 34.1. The third-order valence-electron chi connectivity index (χ3n) is 13.9. The van der Waals surface area contributed by atoms with Gasteiger partial charge in [-0.2, -0.15) is 19.2 Å². The largest absolute Gasteiger partial charge is 0.390 e. The highest BCUT2D eigenvalue weighted by molar-refractivity contribution is 6.01. The lowest BCUT2D eigenvalue weighted by atomic mass is 9.83. The van der Waals surface area contributed by atoms with Crippen molar-refractivity contribution in [3.05, 3.63) is 93.0 Å². The Morgan fingerprint density at radius 3 is 1.38 bits per heavy atom. The SMILES string of the molecule is CNc1cc(Nc2cccn(C3CC(F)(F)C3)c2=O)nc2c(C(=O)N[C@@H]3CCC[C@@](C)(O)C3)cnn12.CNc1cc(Nc2cccn(C3CC(F)(F)C3)c2=O)nc2c(C(=O)N[C@H]3CCC[C@](C)(O)C3)cnn12. The molecule has 0 unspecified atom stereocenters. The van der Waals surface area contributed by atoms with Crippen molar-refractivity contribution in [2.75, 3.05) is 35.4 Å². The molecule has 2 amide bonds. The van der Waals surface area contributed by atoms with Crippen molar-refractivity contribution in [1.29, 1.82) is 0 Å². The van der Waals surface area contributed by atoms with Crippen LogP contribution in [0.5, 0.6) is 0 Å². The third-order valence-corrected chi connectivity index (χ3v) is 13.9. The van der Waals surface area contributed by atoms with Gasteiger partial charge in [0.1, 0.15) is 45.8 Å². The monoisotopic (exact) mass is 1000 g/mol. The summed E-state index contributed by atoms with van der Waals surface area (Å²) in [5.41, 5.74) is -1.07. The van der Waals surface area contributed by atoms with Crippen molar-refractivity contribution in [2.45, 2.75) is 138 Å². The molecule has 6 aromatic rings. The van der Waals surface area contributed by atoms with Gasteiger partial charge < -0.3 is 51.2 Å². The summed E-state index contributed by atoms with van der Waals surface area (Å²) in [6, 6.07) is 8.18. The second kappa shape index (κ2) is 19.2. The van der Waals surface area contributed by atoms with Gasteiger partial charge in [-0.1, -0.05) is 0 Å². The average Bonchev–Trinajstić information content (AvgIpc) is 3.93. The molecule has 4 aliphatic carbocycles. The zero-order chi connectivity index (χ0) is 51.3. The maximum absolute atomic E-state index is 13.3. The lowest BCUT2D eigenvalue weighted by Crippen LogP contribution is -2.44. The molecule has 8 N–H and O–H groups in total. The van der Waals surface area contributed by atoms with E-state index >= 15 is 0 Å². The van der Waals surface area contributed by atoms with Crippen LogP contribution in [0, 0.1) is 0 Å². The standard InChI is InChI=1S/2C24H29F2N7O3/c2*1-23(36)7-3-5-14(10-23)29-21(34)16-13-28-33-19(27-2)9-18(31-20(16)33)30-17-6-4-8-32(22(17)35)15-11-24(25,26)12-15/h2*4,6,8-9,13-15,27,36H,3,5,7,10-12H2,1-2H3,(H,29,34)(H,30,31)/t2*14-,23-/m10/s1. The molecule has 4 fully saturated rings. The molecule has 10 rings (SSSR count). The van der Waals surface area contributed by atoms with Gasteiger partial charge in [-0.3, -0.25) is 19.2 Å². The highest BCUT2D eigenvalue weighted by Gasteiger charge is 2.47. The Morgan fingerprint density at radius 2 is 1.03 bits per heavy atom. The number of nitrogens with zero attached hydrogens (tertiary/aromatic N) is 8. The van der Waals surface area contributed by atoms with Crippen LogP contribution in [0.4, 0.5) is 52.2 Å². The molecule has 0 aromatic carbocycles. The van der Waals surface area contributed by atoms with E-state index in [4.69, 9.17) is 0 Å². The first-order valence-electron chi connectivity index (χ1n) is 24.0. The Bertz CT molecular complexity index is 2930. The summed E-state index contributed by atoms with van der Waals surface area (Å²) in [5, 5.41) is 47.2. The van der Waals surface area contributed by atoms with Crippen molar-refractivity contribution in [3.8, 4) is 0 Å². The van der Waals surface area contributed by atoms with Crippen LogP contribution in [0.25, 0.3) is 11.3 Å². The summed E-state index contributed by atoms with van der Waals surface area (Å²) in [5.74, 6) is -4.57. The minimum absolute atomic E-state index is 0.164. The highest BCUT2D eigenvalue weighted by atomic mass is 19.3. The second-order valence-corrected chi connectivity index (χ2v) is 20.0. The molecule has 4 atom stereocenters. The predicted molar refractivity (Wildman–Crippen MR) is 260 cm³/mol. The number of hydrogen-bond donors (Lipinski definition) is 8. The Balaban J connectivity index is 0.000000178. The number of anilines is 6. The molecule has 6 aromatic heterocycles. The molecule has 4 aliphatic rings. The molecule has 0 spiro atoms. The fourth-order valence-corrected chi connectivity index (χ4v) is 10.1. The summed E-state index contributed by atoms with van der Waals surface area (Å²) in [7, 11) is 3.38. The number of pyridine rings is 2. The van der Waals surface area contributed by atoms with Crippen molar-refractivity contribution in [3.63, 3.8) is 0 Å². The van der Waals surface area contributed by atoms with E-state index < -0.39 is 46.2 Å². The maximum Gasteiger partial charge on any atom is 0.274 e. The van der Waals surface area contributed by atoms with Crippen LogP contribution in [0.2, 0.25) is 0 Å². The summed E-state index contributed by atoms with van der Waals surface area (Å²) in [6.45, 7) is 3.54. The molecule has 24 heteroatoms. The van der Waals surface area contributed by atoms with Gasteiger partial charge in [0.2, 0.25) is 0 Å². The van der Waals surface area contributed by atoms with Crippen LogP contribution in [0.3, 0.4) is 0 Å². The number of halogens is 4. The summed E-state index contributed by atoms with van der Waals surface area (Å²) >= 11 is 0. The Hall–Kier alpha value is -7.08. The number of carbonyl (C=O) groups is 2. The van der Waals surface area contributed by atoms with E-state index in [1.807, 2.05) is 0 Å². The van der Waals surface area contributed by atoms with Crippen molar-refractivity contribution < 1.29 is 37.4 Å². The maximum atomic E-state index is 13.3. The molecule has 6 heterocycles. The first kappa shape index (κ1) is 49.9. The highest BCUT2D eigenvalue weighted by Crippen LogP contribution is 2.46. The number of alkyl halides is 4. The Kier molecular flexibility index (Phi) is 13.3. The van der Waals surface area contributed by atoms with Gasteiger partial charge in [0.15, 0.2) is 11.3 Å². The van der Waals surface area contributed by atoms with Crippen LogP contribution < -0.4 is 43.0 Å². The molecule has 384 valence electrons. The summed E-state index contributed by atoms with van der Waals surface area (Å²) < 4.78 is 59.0. The van der Waals surface area contributed by atoms with Crippen molar-refractivity contribution in [1.82, 2.24) is 49.0 Å². The minimum Gasteiger partial charge on any atom is -0.390 e. The smallest absolute Gasteiger partial charge is 0.274 e. The molecule has 0 radical (unpaired) electrons. The number of fused-ring (bicyclic) bond motifs is 2. The van der Waals surface area contributed by atoms with Gasteiger partial charge in [0.05, 0.1) is 23.6 Å². The predicted octanol–water partition coefficient (Wildman–Crippen LogP) is 6.14. The molecular formula is C48H58F4N14O6. The number of nitrogens with one attached hydrogen (secondary N) is 6. The van der Waals surface area contributed by atoms with E-state index in [0.717, 1.165) is 25.7 Å². The fourth-order valence-electron chi connectivity index (χ4n) is 10.1. The van der Waals surface area contributed by atoms with Gasteiger partial charge in [0.25, 0.3) is 34.8 Å². The van der Waals surface area contributed by atoms with E-state index in [1.165, 1.54) is 43.0 Å². The van der Waals surface area contributed by atoms with Crippen LogP contribution in [0.15, 0.2) is 70.8 Å². The number of amides is 2. The second-order valence-electron chi connectivity index (χ2n) is 20.0. The minimum atomic E-state index is -2.74. The van der Waals surface area contributed by atoms with Gasteiger partial charge in [0, 0.05) is 88.5 Å². The van der Waals surface area contributed by atoms with E-state index in [9.17, 15) is 47.0 Å². The van der Waals surface area contributed by atoms with Crippen molar-refractivity contribution in [2.24, 2.45) is 0 Å². The molecule has 0 aliphatic heterocycles. The number of aromatic nitrogens is 8. The molecular weight excluding hydrogens is 945 g/mol. The van der Waals surface area contributed by atoms with Gasteiger partial charge in [-0.25, -0.2) is 27.5 Å². The molecule has 4 saturated carbocycles. The Morgan fingerprint density at radius 1 is 0.639 bits per heavy atom. The Labute approximate surface area is 409 Å². The number of hydrogen-bond acceptors (Lipinski definition) is 14. The van der Waals surface area contributed by atoms with Gasteiger partial charge in [-0.15, -0.1) is 0 Å². The lowest BCUT2D eigenvalue weighted by molar-refractivity contribution is -0.105.